The number of rotatable bonds is 3. The molecule has 0 saturated heterocycles. The van der Waals surface area contributed by atoms with Crippen LogP contribution in [-0.4, -0.2) is 40.3 Å². The van der Waals surface area contributed by atoms with E-state index in [1.807, 2.05) is 20.8 Å². The number of aryl methyl sites for hydroxylation is 1. The number of carboxylic acids is 1. The summed E-state index contributed by atoms with van der Waals surface area (Å²) in [7, 11) is 1.78. The van der Waals surface area contributed by atoms with Crippen LogP contribution in [0.1, 0.15) is 60.6 Å². The Hall–Kier alpha value is -1.56. The molecule has 128 valence electrons. The summed E-state index contributed by atoms with van der Waals surface area (Å²) in [6, 6.07) is 1.76. The molecule has 0 fully saturated rings. The van der Waals surface area contributed by atoms with E-state index >= 15 is 0 Å². The number of carboxylic acid groups (broad SMARTS) is 1. The third kappa shape index (κ3) is 3.68. The van der Waals surface area contributed by atoms with Crippen molar-refractivity contribution in [2.75, 3.05) is 7.05 Å². The van der Waals surface area contributed by atoms with Gasteiger partial charge in [-0.25, -0.2) is 9.59 Å². The van der Waals surface area contributed by atoms with Gasteiger partial charge in [-0.05, 0) is 58.1 Å². The van der Waals surface area contributed by atoms with Crippen molar-refractivity contribution in [3.05, 3.63) is 21.4 Å². The predicted octanol–water partition coefficient (Wildman–Crippen LogP) is 3.95. The lowest BCUT2D eigenvalue weighted by Crippen LogP contribution is -2.53. The Morgan fingerprint density at radius 3 is 2.61 bits per heavy atom. The van der Waals surface area contributed by atoms with Gasteiger partial charge in [0.25, 0.3) is 0 Å². The lowest BCUT2D eigenvalue weighted by Gasteiger charge is -2.44. The topological polar surface area (TPSA) is 66.8 Å². The van der Waals surface area contributed by atoms with Crippen LogP contribution in [0.15, 0.2) is 6.07 Å². The molecule has 1 aromatic heterocycles. The van der Waals surface area contributed by atoms with Crippen LogP contribution in [0.25, 0.3) is 0 Å². The fourth-order valence-corrected chi connectivity index (χ4v) is 4.09. The Morgan fingerprint density at radius 2 is 2.09 bits per heavy atom. The van der Waals surface area contributed by atoms with Crippen LogP contribution in [0.5, 0.6) is 0 Å². The van der Waals surface area contributed by atoms with Gasteiger partial charge in [-0.1, -0.05) is 6.92 Å². The van der Waals surface area contributed by atoms with Crippen molar-refractivity contribution in [2.24, 2.45) is 0 Å². The van der Waals surface area contributed by atoms with Crippen molar-refractivity contribution in [1.82, 2.24) is 4.90 Å². The molecule has 0 bridgehead atoms. The monoisotopic (exact) mass is 339 g/mol. The van der Waals surface area contributed by atoms with Gasteiger partial charge in [0.2, 0.25) is 0 Å². The minimum absolute atomic E-state index is 0.313. The van der Waals surface area contributed by atoms with Crippen LogP contribution in [0, 0.1) is 0 Å². The number of likely N-dealkylation sites (N-methyl/N-ethyl adjacent to an activating group) is 1. The van der Waals surface area contributed by atoms with Crippen LogP contribution < -0.4 is 0 Å². The Morgan fingerprint density at radius 1 is 1.43 bits per heavy atom. The van der Waals surface area contributed by atoms with Gasteiger partial charge in [-0.15, -0.1) is 11.3 Å². The molecule has 1 aliphatic carbocycles. The highest BCUT2D eigenvalue weighted by Crippen LogP contribution is 2.39. The van der Waals surface area contributed by atoms with E-state index in [9.17, 15) is 14.7 Å². The third-order valence-corrected chi connectivity index (χ3v) is 5.71. The summed E-state index contributed by atoms with van der Waals surface area (Å²) in [5, 5.41) is 9.17. The first kappa shape index (κ1) is 17.8. The molecule has 1 aliphatic rings. The number of fused-ring (bicyclic) bond motifs is 1. The van der Waals surface area contributed by atoms with Gasteiger partial charge in [0, 0.05) is 11.9 Å². The first-order valence-electron chi connectivity index (χ1n) is 7.90. The van der Waals surface area contributed by atoms with Crippen LogP contribution in [0.2, 0.25) is 0 Å². The highest BCUT2D eigenvalue weighted by Gasteiger charge is 2.41. The molecular formula is C17H25NO4S. The molecule has 1 amide bonds. The molecule has 5 nitrogen and oxygen atoms in total. The van der Waals surface area contributed by atoms with E-state index in [0.29, 0.717) is 11.3 Å². The predicted molar refractivity (Wildman–Crippen MR) is 90.3 cm³/mol. The third-order valence-electron chi connectivity index (χ3n) is 4.48. The van der Waals surface area contributed by atoms with E-state index in [1.165, 1.54) is 11.3 Å². The molecule has 1 N–H and O–H groups in total. The average Bonchev–Trinajstić information content (AvgIpc) is 2.87. The molecule has 1 unspecified atom stereocenters. The molecule has 1 heterocycles. The van der Waals surface area contributed by atoms with Crippen molar-refractivity contribution < 1.29 is 19.4 Å². The number of carbonyl (C=O) groups is 2. The smallest absolute Gasteiger partial charge is 0.410 e. The fourth-order valence-electron chi connectivity index (χ4n) is 3.07. The van der Waals surface area contributed by atoms with Gasteiger partial charge < -0.3 is 14.7 Å². The molecular weight excluding hydrogens is 314 g/mol. The Labute approximate surface area is 141 Å². The van der Waals surface area contributed by atoms with Crippen molar-refractivity contribution in [3.63, 3.8) is 0 Å². The van der Waals surface area contributed by atoms with Gasteiger partial charge in [-0.2, -0.15) is 0 Å². The summed E-state index contributed by atoms with van der Waals surface area (Å²) in [6.45, 7) is 7.63. The number of hydrogen-bond acceptors (Lipinski definition) is 4. The van der Waals surface area contributed by atoms with Crippen LogP contribution in [0.3, 0.4) is 0 Å². The highest BCUT2D eigenvalue weighted by molar-refractivity contribution is 7.14. The molecule has 0 aliphatic heterocycles. The van der Waals surface area contributed by atoms with Gasteiger partial charge in [-0.3, -0.25) is 0 Å². The maximum Gasteiger partial charge on any atom is 0.410 e. The minimum Gasteiger partial charge on any atom is -0.477 e. The van der Waals surface area contributed by atoms with Gasteiger partial charge in [0.15, 0.2) is 0 Å². The molecule has 1 aromatic rings. The zero-order chi connectivity index (χ0) is 17.4. The Kier molecular flexibility index (Phi) is 4.76. The summed E-state index contributed by atoms with van der Waals surface area (Å²) in [4.78, 5) is 26.8. The SMILES string of the molecule is CCC1(N(C)C(=O)OC(C)(C)C)CCc2sc(C(=O)O)cc2C1. The number of hydrogen-bond donors (Lipinski definition) is 1. The van der Waals surface area contributed by atoms with Gasteiger partial charge in [0.1, 0.15) is 10.5 Å². The standard InChI is InChI=1S/C17H25NO4S/c1-6-17(18(5)15(21)22-16(2,3)4)8-7-12-11(10-17)9-13(23-12)14(19)20/h9H,6-8,10H2,1-5H3,(H,19,20). The number of thiophene rings is 1. The van der Waals surface area contributed by atoms with E-state index in [0.717, 1.165) is 29.7 Å². The molecule has 0 saturated carbocycles. The van der Waals surface area contributed by atoms with Crippen molar-refractivity contribution in [2.45, 2.75) is 64.5 Å². The van der Waals surface area contributed by atoms with E-state index in [-0.39, 0.29) is 11.6 Å². The summed E-state index contributed by atoms with van der Waals surface area (Å²) >= 11 is 1.35. The van der Waals surface area contributed by atoms with Crippen LogP contribution in [-0.2, 0) is 17.6 Å². The lowest BCUT2D eigenvalue weighted by molar-refractivity contribution is 0.000679. The first-order chi connectivity index (χ1) is 10.6. The Balaban J connectivity index is 2.24. The van der Waals surface area contributed by atoms with Crippen molar-refractivity contribution >= 4 is 23.4 Å². The number of aromatic carboxylic acids is 1. The van der Waals surface area contributed by atoms with E-state index in [2.05, 4.69) is 6.92 Å². The zero-order valence-corrected chi connectivity index (χ0v) is 15.2. The first-order valence-corrected chi connectivity index (χ1v) is 8.71. The molecule has 6 heteroatoms. The molecule has 0 aromatic carbocycles. The molecule has 1 atom stereocenters. The molecule has 0 spiro atoms. The van der Waals surface area contributed by atoms with Gasteiger partial charge >= 0.3 is 12.1 Å². The van der Waals surface area contributed by atoms with Gasteiger partial charge in [0.05, 0.1) is 5.54 Å². The number of amides is 1. The number of carbonyl (C=O) groups excluding carboxylic acids is 1. The summed E-state index contributed by atoms with van der Waals surface area (Å²) < 4.78 is 5.51. The van der Waals surface area contributed by atoms with Crippen molar-refractivity contribution in [1.29, 1.82) is 0 Å². The average molecular weight is 339 g/mol. The maximum atomic E-state index is 12.5. The van der Waals surface area contributed by atoms with E-state index in [4.69, 9.17) is 4.74 Å². The highest BCUT2D eigenvalue weighted by atomic mass is 32.1. The molecule has 0 radical (unpaired) electrons. The number of ether oxygens (including phenoxy) is 1. The molecule has 23 heavy (non-hydrogen) atoms. The number of nitrogens with zero attached hydrogens (tertiary/aromatic N) is 1. The normalized spacial score (nSPS) is 20.7. The second-order valence-corrected chi connectivity index (χ2v) is 8.29. The second-order valence-electron chi connectivity index (χ2n) is 7.16. The largest absolute Gasteiger partial charge is 0.477 e. The summed E-state index contributed by atoms with van der Waals surface area (Å²) in [6.07, 6.45) is 2.79. The zero-order valence-electron chi connectivity index (χ0n) is 14.4. The van der Waals surface area contributed by atoms with Crippen LogP contribution in [0.4, 0.5) is 4.79 Å². The quantitative estimate of drug-likeness (QED) is 0.905. The lowest BCUT2D eigenvalue weighted by atomic mass is 9.78. The minimum atomic E-state index is -0.882. The second kappa shape index (κ2) is 6.15. The van der Waals surface area contributed by atoms with Crippen molar-refractivity contribution in [3.8, 4) is 0 Å². The molecule has 2 rings (SSSR count). The van der Waals surface area contributed by atoms with E-state index < -0.39 is 11.6 Å². The Bertz CT molecular complexity index is 617. The van der Waals surface area contributed by atoms with E-state index in [1.54, 1.807) is 18.0 Å². The summed E-state index contributed by atoms with van der Waals surface area (Å²) in [5.41, 5.74) is 0.210. The van der Waals surface area contributed by atoms with Crippen LogP contribution >= 0.6 is 11.3 Å². The maximum absolute atomic E-state index is 12.5. The fraction of sp³-hybridized carbons (Fsp3) is 0.647. The summed E-state index contributed by atoms with van der Waals surface area (Å²) in [5.74, 6) is -0.882.